The molecule has 2 amide bonds. The van der Waals surface area contributed by atoms with Gasteiger partial charge in [-0.05, 0) is 23.8 Å². The van der Waals surface area contributed by atoms with Crippen LogP contribution in [0.15, 0.2) is 36.4 Å². The zero-order chi connectivity index (χ0) is 20.0. The minimum absolute atomic E-state index is 0.0145. The molecule has 0 bridgehead atoms. The van der Waals surface area contributed by atoms with E-state index in [-0.39, 0.29) is 34.7 Å². The molecule has 2 rings (SSSR count). The van der Waals surface area contributed by atoms with Crippen LogP contribution < -0.4 is 10.6 Å². The Kier molecular flexibility index (Phi) is 7.12. The van der Waals surface area contributed by atoms with E-state index in [2.05, 4.69) is 10.6 Å². The lowest BCUT2D eigenvalue weighted by atomic mass is 10.1. The lowest BCUT2D eigenvalue weighted by molar-refractivity contribution is -0.384. The number of carbonyl (C=O) groups is 2. The molecule has 0 aromatic heterocycles. The van der Waals surface area contributed by atoms with Gasteiger partial charge in [0.2, 0.25) is 5.91 Å². The highest BCUT2D eigenvalue weighted by Gasteiger charge is 2.20. The molecule has 0 aliphatic heterocycles. The molecule has 0 saturated heterocycles. The van der Waals surface area contributed by atoms with Crippen molar-refractivity contribution >= 4 is 46.4 Å². The number of anilines is 1. The molecular formula is C17H15Cl2N3O5. The maximum absolute atomic E-state index is 12.3. The molecule has 10 heteroatoms. The summed E-state index contributed by atoms with van der Waals surface area (Å²) < 4.78 is 4.74. The number of hydrogen-bond donors (Lipinski definition) is 2. The summed E-state index contributed by atoms with van der Waals surface area (Å²) in [5.41, 5.74) is 0.833. The molecule has 0 spiro atoms. The lowest BCUT2D eigenvalue weighted by Crippen LogP contribution is -2.23. The predicted octanol–water partition coefficient (Wildman–Crippen LogP) is 3.42. The van der Waals surface area contributed by atoms with E-state index in [1.54, 1.807) is 24.3 Å². The van der Waals surface area contributed by atoms with E-state index in [0.29, 0.717) is 11.3 Å². The van der Waals surface area contributed by atoms with Crippen LogP contribution in [-0.4, -0.2) is 30.5 Å². The van der Waals surface area contributed by atoms with E-state index in [1.165, 1.54) is 13.2 Å². The van der Waals surface area contributed by atoms with Gasteiger partial charge in [-0.25, -0.2) is 0 Å². The standard InChI is InChI=1S/C17H15Cl2N3O5/c1-27-9-15(23)21-12-4-2-3-10(5-12)8-20-17(24)11-6-13(18)16(19)14(7-11)22(25)26/h2-7H,8-9H2,1H3,(H,20,24)(H,21,23). The van der Waals surface area contributed by atoms with Crippen molar-refractivity contribution in [3.63, 3.8) is 0 Å². The zero-order valence-corrected chi connectivity index (χ0v) is 15.6. The Morgan fingerprint density at radius 1 is 1.22 bits per heavy atom. The van der Waals surface area contributed by atoms with Gasteiger partial charge < -0.3 is 15.4 Å². The van der Waals surface area contributed by atoms with Gasteiger partial charge in [0.05, 0.1) is 9.95 Å². The highest BCUT2D eigenvalue weighted by Crippen LogP contribution is 2.33. The van der Waals surface area contributed by atoms with E-state index in [4.69, 9.17) is 27.9 Å². The molecule has 8 nitrogen and oxygen atoms in total. The molecule has 27 heavy (non-hydrogen) atoms. The van der Waals surface area contributed by atoms with Gasteiger partial charge in [-0.1, -0.05) is 35.3 Å². The van der Waals surface area contributed by atoms with Gasteiger partial charge in [-0.15, -0.1) is 0 Å². The first-order valence-corrected chi connectivity index (χ1v) is 8.36. The van der Waals surface area contributed by atoms with Crippen LogP contribution in [0.2, 0.25) is 10.0 Å². The molecule has 2 aromatic carbocycles. The molecule has 0 aliphatic carbocycles. The van der Waals surface area contributed by atoms with Crippen LogP contribution in [0, 0.1) is 10.1 Å². The smallest absolute Gasteiger partial charge is 0.290 e. The molecule has 0 radical (unpaired) electrons. The molecule has 0 fully saturated rings. The number of hydrogen-bond acceptors (Lipinski definition) is 5. The van der Waals surface area contributed by atoms with Gasteiger partial charge in [0.15, 0.2) is 0 Å². The maximum atomic E-state index is 12.3. The first-order valence-electron chi connectivity index (χ1n) is 7.61. The van der Waals surface area contributed by atoms with Crippen LogP contribution in [0.1, 0.15) is 15.9 Å². The first kappa shape index (κ1) is 20.6. The third-order valence-electron chi connectivity index (χ3n) is 3.41. The average Bonchev–Trinajstić information content (AvgIpc) is 2.62. The van der Waals surface area contributed by atoms with E-state index in [9.17, 15) is 19.7 Å². The monoisotopic (exact) mass is 411 g/mol. The van der Waals surface area contributed by atoms with Crippen molar-refractivity contribution in [3.05, 3.63) is 67.7 Å². The number of methoxy groups -OCH3 is 1. The second kappa shape index (κ2) is 9.31. The Morgan fingerprint density at radius 3 is 2.63 bits per heavy atom. The summed E-state index contributed by atoms with van der Waals surface area (Å²) in [6, 6.07) is 9.17. The number of carbonyl (C=O) groups excluding carboxylic acids is 2. The van der Waals surface area contributed by atoms with Crippen molar-refractivity contribution in [1.82, 2.24) is 5.32 Å². The highest BCUT2D eigenvalue weighted by atomic mass is 35.5. The minimum atomic E-state index is -0.711. The van der Waals surface area contributed by atoms with Gasteiger partial charge in [0.25, 0.3) is 11.6 Å². The van der Waals surface area contributed by atoms with E-state index in [0.717, 1.165) is 6.07 Å². The minimum Gasteiger partial charge on any atom is -0.375 e. The largest absolute Gasteiger partial charge is 0.375 e. The fourth-order valence-corrected chi connectivity index (χ4v) is 2.60. The number of nitro benzene ring substituents is 1. The van der Waals surface area contributed by atoms with Crippen LogP contribution in [0.4, 0.5) is 11.4 Å². The maximum Gasteiger partial charge on any atom is 0.290 e. The highest BCUT2D eigenvalue weighted by molar-refractivity contribution is 6.43. The van der Waals surface area contributed by atoms with Crippen molar-refractivity contribution in [2.45, 2.75) is 6.54 Å². The van der Waals surface area contributed by atoms with Crippen LogP contribution >= 0.6 is 23.2 Å². The van der Waals surface area contributed by atoms with Gasteiger partial charge in [0.1, 0.15) is 11.6 Å². The summed E-state index contributed by atoms with van der Waals surface area (Å²) in [6.45, 7) is 0.0674. The molecule has 2 N–H and O–H groups in total. The fraction of sp³-hybridized carbons (Fsp3) is 0.176. The zero-order valence-electron chi connectivity index (χ0n) is 14.1. The Hall–Kier alpha value is -2.68. The van der Waals surface area contributed by atoms with Crippen LogP contribution in [0.5, 0.6) is 0 Å². The predicted molar refractivity (Wildman–Crippen MR) is 101 cm³/mol. The first-order chi connectivity index (χ1) is 12.8. The van der Waals surface area contributed by atoms with E-state index in [1.807, 2.05) is 0 Å². The van der Waals surface area contributed by atoms with Gasteiger partial charge in [0, 0.05) is 31.0 Å². The normalized spacial score (nSPS) is 10.3. The van der Waals surface area contributed by atoms with E-state index < -0.39 is 16.5 Å². The van der Waals surface area contributed by atoms with E-state index >= 15 is 0 Å². The number of amides is 2. The topological polar surface area (TPSA) is 111 Å². The third kappa shape index (κ3) is 5.65. The number of nitro groups is 1. The van der Waals surface area contributed by atoms with Gasteiger partial charge in [-0.2, -0.15) is 0 Å². The number of benzene rings is 2. The molecule has 142 valence electrons. The molecule has 0 atom stereocenters. The molecule has 0 aliphatic rings. The third-order valence-corrected chi connectivity index (χ3v) is 4.20. The Morgan fingerprint density at radius 2 is 1.96 bits per heavy atom. The molecule has 0 unspecified atom stereocenters. The summed E-state index contributed by atoms with van der Waals surface area (Å²) in [5.74, 6) is -0.854. The Balaban J connectivity index is 2.08. The second-order valence-corrected chi connectivity index (χ2v) is 6.20. The summed E-state index contributed by atoms with van der Waals surface area (Å²) >= 11 is 11.6. The number of rotatable bonds is 7. The average molecular weight is 412 g/mol. The van der Waals surface area contributed by atoms with Crippen LogP contribution in [-0.2, 0) is 16.1 Å². The number of nitrogens with zero attached hydrogens (tertiary/aromatic N) is 1. The van der Waals surface area contributed by atoms with Crippen molar-refractivity contribution < 1.29 is 19.2 Å². The summed E-state index contributed by atoms with van der Waals surface area (Å²) in [7, 11) is 1.42. The number of ether oxygens (including phenoxy) is 1. The SMILES string of the molecule is COCC(=O)Nc1cccc(CNC(=O)c2cc(Cl)c(Cl)c([N+](=O)[O-])c2)c1. The second-order valence-electron chi connectivity index (χ2n) is 5.41. The van der Waals surface area contributed by atoms with Crippen molar-refractivity contribution in [2.75, 3.05) is 19.0 Å². The molecular weight excluding hydrogens is 397 g/mol. The quantitative estimate of drug-likeness (QED) is 0.535. The molecule has 2 aromatic rings. The summed E-state index contributed by atoms with van der Waals surface area (Å²) in [6.07, 6.45) is 0. The Labute approximate surface area is 164 Å². The van der Waals surface area contributed by atoms with Crippen molar-refractivity contribution in [2.24, 2.45) is 0 Å². The van der Waals surface area contributed by atoms with Crippen molar-refractivity contribution in [3.8, 4) is 0 Å². The van der Waals surface area contributed by atoms with Crippen LogP contribution in [0.3, 0.4) is 0 Å². The number of halogens is 2. The molecule has 0 saturated carbocycles. The Bertz CT molecular complexity index is 889. The fourth-order valence-electron chi connectivity index (χ4n) is 2.21. The number of nitrogens with one attached hydrogen (secondary N) is 2. The van der Waals surface area contributed by atoms with Gasteiger partial charge >= 0.3 is 0 Å². The van der Waals surface area contributed by atoms with Crippen molar-refractivity contribution in [1.29, 1.82) is 0 Å². The lowest BCUT2D eigenvalue weighted by Gasteiger charge is -2.09. The van der Waals surface area contributed by atoms with Crippen LogP contribution in [0.25, 0.3) is 0 Å². The molecule has 0 heterocycles. The van der Waals surface area contributed by atoms with Gasteiger partial charge in [-0.3, -0.25) is 19.7 Å². The summed E-state index contributed by atoms with van der Waals surface area (Å²) in [5, 5.41) is 16.0. The summed E-state index contributed by atoms with van der Waals surface area (Å²) in [4.78, 5) is 34.1.